The number of nitrogens with one attached hydrogen (secondary N) is 1. The van der Waals surface area contributed by atoms with Crippen LogP contribution in [0, 0.1) is 19.7 Å². The molecular weight excluding hydrogens is 293 g/mol. The van der Waals surface area contributed by atoms with E-state index < -0.39 is 0 Å². The number of hydrogen-bond acceptors (Lipinski definition) is 2. The molecule has 2 rings (SSSR count). The Morgan fingerprint density at radius 1 is 1.19 bits per heavy atom. The summed E-state index contributed by atoms with van der Waals surface area (Å²) in [5.74, 6) is -0.227. The molecule has 21 heavy (non-hydrogen) atoms. The molecule has 0 fully saturated rings. The van der Waals surface area contributed by atoms with E-state index in [9.17, 15) is 9.18 Å². The van der Waals surface area contributed by atoms with Crippen molar-refractivity contribution >= 4 is 23.2 Å². The van der Waals surface area contributed by atoms with Crippen molar-refractivity contribution in [2.75, 3.05) is 12.4 Å². The molecule has 2 aromatic carbocycles. The van der Waals surface area contributed by atoms with Crippen LogP contribution in [0.3, 0.4) is 0 Å². The van der Waals surface area contributed by atoms with Gasteiger partial charge in [-0.3, -0.25) is 4.79 Å². The standard InChI is InChI=1S/C16H15ClFNO2/c1-9-6-11(18)4-5-12(9)16(20)19-14-7-10(2)13(17)8-15(14)21-3/h4-8H,1-3H3,(H,19,20). The fourth-order valence-corrected chi connectivity index (χ4v) is 2.15. The van der Waals surface area contributed by atoms with E-state index in [2.05, 4.69) is 5.32 Å². The normalized spacial score (nSPS) is 10.3. The SMILES string of the molecule is COc1cc(Cl)c(C)cc1NC(=O)c1ccc(F)cc1C. The average Bonchev–Trinajstić information content (AvgIpc) is 2.42. The van der Waals surface area contributed by atoms with Gasteiger partial charge in [0.15, 0.2) is 0 Å². The number of carbonyl (C=O) groups is 1. The summed E-state index contributed by atoms with van der Waals surface area (Å²) in [6.07, 6.45) is 0. The van der Waals surface area contributed by atoms with Crippen LogP contribution in [-0.4, -0.2) is 13.0 Å². The molecule has 5 heteroatoms. The maximum atomic E-state index is 13.1. The molecule has 0 bridgehead atoms. The van der Waals surface area contributed by atoms with E-state index in [0.29, 0.717) is 27.6 Å². The summed E-state index contributed by atoms with van der Waals surface area (Å²) >= 11 is 6.03. The van der Waals surface area contributed by atoms with E-state index >= 15 is 0 Å². The van der Waals surface area contributed by atoms with Gasteiger partial charge in [0.1, 0.15) is 11.6 Å². The van der Waals surface area contributed by atoms with Crippen molar-refractivity contribution in [1.82, 2.24) is 0 Å². The minimum atomic E-state index is -0.371. The van der Waals surface area contributed by atoms with Gasteiger partial charge in [0.05, 0.1) is 12.8 Å². The quantitative estimate of drug-likeness (QED) is 0.915. The minimum absolute atomic E-state index is 0.326. The van der Waals surface area contributed by atoms with Crippen LogP contribution in [0.4, 0.5) is 10.1 Å². The smallest absolute Gasteiger partial charge is 0.256 e. The Bertz CT molecular complexity index is 701. The van der Waals surface area contributed by atoms with Crippen molar-refractivity contribution in [2.45, 2.75) is 13.8 Å². The van der Waals surface area contributed by atoms with Crippen LogP contribution >= 0.6 is 11.6 Å². The van der Waals surface area contributed by atoms with Crippen molar-refractivity contribution in [3.8, 4) is 5.75 Å². The lowest BCUT2D eigenvalue weighted by atomic mass is 10.1. The van der Waals surface area contributed by atoms with Gasteiger partial charge >= 0.3 is 0 Å². The lowest BCUT2D eigenvalue weighted by Gasteiger charge is -2.13. The number of benzene rings is 2. The second-order valence-corrected chi connectivity index (χ2v) is 5.12. The van der Waals surface area contributed by atoms with Gasteiger partial charge in [-0.15, -0.1) is 0 Å². The maximum Gasteiger partial charge on any atom is 0.256 e. The molecule has 3 nitrogen and oxygen atoms in total. The number of halogens is 2. The molecule has 0 atom stereocenters. The lowest BCUT2D eigenvalue weighted by molar-refractivity contribution is 0.102. The van der Waals surface area contributed by atoms with Crippen LogP contribution in [-0.2, 0) is 0 Å². The molecule has 0 radical (unpaired) electrons. The Kier molecular flexibility index (Phi) is 4.48. The third-order valence-corrected chi connectivity index (χ3v) is 3.57. The first-order chi connectivity index (χ1) is 9.92. The van der Waals surface area contributed by atoms with Gasteiger partial charge in [-0.2, -0.15) is 0 Å². The molecule has 0 aliphatic heterocycles. The van der Waals surface area contributed by atoms with E-state index in [-0.39, 0.29) is 11.7 Å². The van der Waals surface area contributed by atoms with Crippen LogP contribution in [0.5, 0.6) is 5.75 Å². The zero-order valence-electron chi connectivity index (χ0n) is 12.0. The van der Waals surface area contributed by atoms with Crippen molar-refractivity contribution in [3.63, 3.8) is 0 Å². The Morgan fingerprint density at radius 2 is 1.90 bits per heavy atom. The van der Waals surface area contributed by atoms with Gasteiger partial charge in [-0.25, -0.2) is 4.39 Å². The molecule has 0 heterocycles. The Balaban J connectivity index is 2.33. The highest BCUT2D eigenvalue weighted by Gasteiger charge is 2.14. The summed E-state index contributed by atoms with van der Waals surface area (Å²) in [4.78, 5) is 12.3. The highest BCUT2D eigenvalue weighted by Crippen LogP contribution is 2.31. The number of methoxy groups -OCH3 is 1. The predicted octanol–water partition coefficient (Wildman–Crippen LogP) is 4.36. The van der Waals surface area contributed by atoms with Gasteiger partial charge in [0.2, 0.25) is 0 Å². The zero-order valence-corrected chi connectivity index (χ0v) is 12.7. The highest BCUT2D eigenvalue weighted by molar-refractivity contribution is 6.31. The first-order valence-corrected chi connectivity index (χ1v) is 6.72. The molecule has 0 saturated carbocycles. The molecular formula is C16H15ClFNO2. The number of hydrogen-bond donors (Lipinski definition) is 1. The molecule has 1 amide bonds. The zero-order chi connectivity index (χ0) is 15.6. The summed E-state index contributed by atoms with van der Waals surface area (Å²) in [7, 11) is 1.50. The van der Waals surface area contributed by atoms with Crippen LogP contribution < -0.4 is 10.1 Å². The Labute approximate surface area is 127 Å². The topological polar surface area (TPSA) is 38.3 Å². The minimum Gasteiger partial charge on any atom is -0.495 e. The summed E-state index contributed by atoms with van der Waals surface area (Å²) < 4.78 is 18.3. The van der Waals surface area contributed by atoms with Gasteiger partial charge in [0.25, 0.3) is 5.91 Å². The van der Waals surface area contributed by atoms with E-state index in [1.54, 1.807) is 19.1 Å². The van der Waals surface area contributed by atoms with Crippen molar-refractivity contribution < 1.29 is 13.9 Å². The van der Waals surface area contributed by atoms with Crippen molar-refractivity contribution in [2.24, 2.45) is 0 Å². The second-order valence-electron chi connectivity index (χ2n) is 4.72. The number of aryl methyl sites for hydroxylation is 2. The molecule has 0 aliphatic carbocycles. The van der Waals surface area contributed by atoms with E-state index in [1.807, 2.05) is 6.92 Å². The molecule has 0 unspecified atom stereocenters. The molecule has 0 aliphatic rings. The van der Waals surface area contributed by atoms with E-state index in [1.165, 1.54) is 25.3 Å². The number of amides is 1. The number of anilines is 1. The third kappa shape index (κ3) is 3.34. The summed E-state index contributed by atoms with van der Waals surface area (Å²) in [5.41, 5.74) is 2.32. The van der Waals surface area contributed by atoms with Gasteiger partial charge in [0, 0.05) is 16.7 Å². The van der Waals surface area contributed by atoms with Crippen LogP contribution in [0.1, 0.15) is 21.5 Å². The summed E-state index contributed by atoms with van der Waals surface area (Å²) in [6.45, 7) is 3.52. The van der Waals surface area contributed by atoms with Crippen molar-refractivity contribution in [1.29, 1.82) is 0 Å². The van der Waals surface area contributed by atoms with Crippen LogP contribution in [0.2, 0.25) is 5.02 Å². The lowest BCUT2D eigenvalue weighted by Crippen LogP contribution is -2.14. The number of rotatable bonds is 3. The van der Waals surface area contributed by atoms with Crippen molar-refractivity contribution in [3.05, 3.63) is 57.9 Å². The van der Waals surface area contributed by atoms with Crippen LogP contribution in [0.25, 0.3) is 0 Å². The average molecular weight is 308 g/mol. The van der Waals surface area contributed by atoms with Gasteiger partial charge in [-0.1, -0.05) is 11.6 Å². The Morgan fingerprint density at radius 3 is 2.52 bits per heavy atom. The maximum absolute atomic E-state index is 13.1. The third-order valence-electron chi connectivity index (χ3n) is 3.16. The molecule has 0 saturated heterocycles. The number of ether oxygens (including phenoxy) is 1. The van der Waals surface area contributed by atoms with Gasteiger partial charge in [-0.05, 0) is 49.2 Å². The van der Waals surface area contributed by atoms with E-state index in [4.69, 9.17) is 16.3 Å². The largest absolute Gasteiger partial charge is 0.495 e. The molecule has 1 N–H and O–H groups in total. The monoisotopic (exact) mass is 307 g/mol. The molecule has 0 aromatic heterocycles. The second kappa shape index (κ2) is 6.14. The van der Waals surface area contributed by atoms with Crippen LogP contribution in [0.15, 0.2) is 30.3 Å². The Hall–Kier alpha value is -2.07. The first kappa shape index (κ1) is 15.3. The molecule has 2 aromatic rings. The summed E-state index contributed by atoms with van der Waals surface area (Å²) in [6, 6.07) is 7.41. The molecule has 0 spiro atoms. The number of carbonyl (C=O) groups excluding carboxylic acids is 1. The fourth-order valence-electron chi connectivity index (χ4n) is 2.00. The molecule has 110 valence electrons. The highest BCUT2D eigenvalue weighted by atomic mass is 35.5. The first-order valence-electron chi connectivity index (χ1n) is 6.34. The predicted molar refractivity (Wildman–Crippen MR) is 81.8 cm³/mol. The van der Waals surface area contributed by atoms with E-state index in [0.717, 1.165) is 5.56 Å². The fraction of sp³-hybridized carbons (Fsp3) is 0.188. The van der Waals surface area contributed by atoms with Gasteiger partial charge < -0.3 is 10.1 Å². The summed E-state index contributed by atoms with van der Waals surface area (Å²) in [5, 5.41) is 3.32.